The Morgan fingerprint density at radius 1 is 1.64 bits per heavy atom. The molecule has 76 valence electrons. The Bertz CT molecular complexity index is 308. The average Bonchev–Trinajstić information content (AvgIpc) is 2.57. The van der Waals surface area contributed by atoms with Crippen molar-refractivity contribution in [2.24, 2.45) is 5.41 Å². The minimum absolute atomic E-state index is 0.100. The summed E-state index contributed by atoms with van der Waals surface area (Å²) in [6.07, 6.45) is 5.86. The largest absolute Gasteiger partial charge is 0.447 e. The molecule has 3 nitrogen and oxygen atoms in total. The predicted molar refractivity (Wildman–Crippen MR) is 53.7 cm³/mol. The van der Waals surface area contributed by atoms with Gasteiger partial charge in [-0.3, -0.25) is 4.90 Å². The van der Waals surface area contributed by atoms with Crippen LogP contribution in [0.25, 0.3) is 0 Å². The van der Waals surface area contributed by atoms with Gasteiger partial charge >= 0.3 is 6.09 Å². The summed E-state index contributed by atoms with van der Waals surface area (Å²) in [7, 11) is 0. The lowest BCUT2D eigenvalue weighted by Gasteiger charge is -2.39. The van der Waals surface area contributed by atoms with E-state index in [1.165, 1.54) is 5.57 Å². The van der Waals surface area contributed by atoms with Gasteiger partial charge < -0.3 is 4.74 Å². The van der Waals surface area contributed by atoms with Crippen molar-refractivity contribution in [3.05, 3.63) is 24.4 Å². The summed E-state index contributed by atoms with van der Waals surface area (Å²) >= 11 is 0. The second-order valence-corrected chi connectivity index (χ2v) is 4.08. The Hall–Kier alpha value is -1.25. The molecule has 1 aliphatic heterocycles. The first-order chi connectivity index (χ1) is 6.65. The number of ether oxygens (including phenoxy) is 1. The van der Waals surface area contributed by atoms with Gasteiger partial charge in [0.15, 0.2) is 0 Å². The quantitative estimate of drug-likeness (QED) is 0.630. The fourth-order valence-electron chi connectivity index (χ4n) is 1.82. The Morgan fingerprint density at radius 2 is 2.43 bits per heavy atom. The van der Waals surface area contributed by atoms with Gasteiger partial charge in [0.2, 0.25) is 0 Å². The van der Waals surface area contributed by atoms with Gasteiger partial charge in [-0.05, 0) is 18.4 Å². The van der Waals surface area contributed by atoms with Gasteiger partial charge in [0, 0.05) is 11.6 Å². The highest BCUT2D eigenvalue weighted by Crippen LogP contribution is 2.46. The number of cyclic esters (lactones) is 1. The smallest absolute Gasteiger partial charge is 0.413 e. The van der Waals surface area contributed by atoms with E-state index in [2.05, 4.69) is 13.5 Å². The molecule has 1 unspecified atom stereocenters. The molecule has 1 amide bonds. The van der Waals surface area contributed by atoms with E-state index in [1.807, 2.05) is 12.3 Å². The molecule has 0 bridgehead atoms. The third kappa shape index (κ3) is 1.33. The molecule has 2 aliphatic rings. The summed E-state index contributed by atoms with van der Waals surface area (Å²) in [4.78, 5) is 12.8. The van der Waals surface area contributed by atoms with Crippen molar-refractivity contribution < 1.29 is 9.53 Å². The van der Waals surface area contributed by atoms with Crippen LogP contribution in [0.15, 0.2) is 24.4 Å². The van der Waals surface area contributed by atoms with E-state index < -0.39 is 0 Å². The lowest BCUT2D eigenvalue weighted by atomic mass is 9.66. The fraction of sp³-hybridized carbons (Fsp3) is 0.545. The summed E-state index contributed by atoms with van der Waals surface area (Å²) in [6.45, 7) is 7.16. The number of amides is 1. The summed E-state index contributed by atoms with van der Waals surface area (Å²) in [6, 6.07) is 0. The van der Waals surface area contributed by atoms with Gasteiger partial charge in [0.1, 0.15) is 6.61 Å². The highest BCUT2D eigenvalue weighted by molar-refractivity contribution is 5.70. The van der Waals surface area contributed by atoms with E-state index in [1.54, 1.807) is 4.90 Å². The van der Waals surface area contributed by atoms with Crippen LogP contribution in [0.4, 0.5) is 4.79 Å². The van der Waals surface area contributed by atoms with E-state index in [0.717, 1.165) is 12.8 Å². The molecule has 1 heterocycles. The van der Waals surface area contributed by atoms with Crippen molar-refractivity contribution in [2.45, 2.75) is 19.8 Å². The van der Waals surface area contributed by atoms with Crippen molar-refractivity contribution in [3.8, 4) is 0 Å². The maximum absolute atomic E-state index is 11.2. The van der Waals surface area contributed by atoms with Crippen LogP contribution in [0.2, 0.25) is 0 Å². The standard InChI is InChI=1S/C11H15NO2/c1-3-11(2)5-4-9(11)8-12-6-7-14-10(12)13/h3,8H,1,4-7H2,2H3/b9-8-. The Balaban J connectivity index is 2.11. The number of hydrogen-bond donors (Lipinski definition) is 0. The highest BCUT2D eigenvalue weighted by atomic mass is 16.6. The Morgan fingerprint density at radius 3 is 2.86 bits per heavy atom. The number of hydrogen-bond acceptors (Lipinski definition) is 2. The van der Waals surface area contributed by atoms with Crippen LogP contribution >= 0.6 is 0 Å². The van der Waals surface area contributed by atoms with Gasteiger partial charge in [-0.2, -0.15) is 0 Å². The van der Waals surface area contributed by atoms with Crippen LogP contribution in [0.5, 0.6) is 0 Å². The van der Waals surface area contributed by atoms with E-state index in [-0.39, 0.29) is 11.5 Å². The molecule has 0 aromatic rings. The van der Waals surface area contributed by atoms with Crippen LogP contribution in [-0.4, -0.2) is 24.1 Å². The molecule has 1 saturated heterocycles. The maximum atomic E-state index is 11.2. The molecule has 0 radical (unpaired) electrons. The zero-order valence-corrected chi connectivity index (χ0v) is 8.45. The topological polar surface area (TPSA) is 29.5 Å². The van der Waals surface area contributed by atoms with Crippen LogP contribution in [0.3, 0.4) is 0 Å². The summed E-state index contributed by atoms with van der Waals surface area (Å²) < 4.78 is 4.85. The molecule has 14 heavy (non-hydrogen) atoms. The van der Waals surface area contributed by atoms with Crippen molar-refractivity contribution >= 4 is 6.09 Å². The zero-order valence-electron chi connectivity index (χ0n) is 8.45. The summed E-state index contributed by atoms with van der Waals surface area (Å²) in [5.41, 5.74) is 1.38. The van der Waals surface area contributed by atoms with Crippen LogP contribution in [0, 0.1) is 5.41 Å². The van der Waals surface area contributed by atoms with Gasteiger partial charge in [0.05, 0.1) is 6.54 Å². The number of carbonyl (C=O) groups excluding carboxylic acids is 1. The molecule has 1 saturated carbocycles. The second-order valence-electron chi connectivity index (χ2n) is 4.08. The molecule has 2 fully saturated rings. The SMILES string of the molecule is C=CC1(C)CC/C1=C/N1CCOC1=O. The van der Waals surface area contributed by atoms with E-state index >= 15 is 0 Å². The minimum Gasteiger partial charge on any atom is -0.447 e. The Kier molecular flexibility index (Phi) is 2.10. The molecule has 1 atom stereocenters. The first kappa shape index (κ1) is 9.31. The van der Waals surface area contributed by atoms with E-state index in [9.17, 15) is 4.79 Å². The lowest BCUT2D eigenvalue weighted by Crippen LogP contribution is -2.30. The normalized spacial score (nSPS) is 34.2. The van der Waals surface area contributed by atoms with Crippen molar-refractivity contribution in [3.63, 3.8) is 0 Å². The lowest BCUT2D eigenvalue weighted by molar-refractivity contribution is 0.165. The minimum atomic E-state index is -0.226. The van der Waals surface area contributed by atoms with Crippen molar-refractivity contribution in [1.29, 1.82) is 0 Å². The highest BCUT2D eigenvalue weighted by Gasteiger charge is 2.35. The third-order valence-corrected chi connectivity index (χ3v) is 3.20. The number of nitrogens with zero attached hydrogens (tertiary/aromatic N) is 1. The van der Waals surface area contributed by atoms with Gasteiger partial charge in [-0.1, -0.05) is 13.0 Å². The summed E-state index contributed by atoms with van der Waals surface area (Å²) in [5, 5.41) is 0. The molecule has 0 aromatic heterocycles. The van der Waals surface area contributed by atoms with Crippen molar-refractivity contribution in [1.82, 2.24) is 4.90 Å². The van der Waals surface area contributed by atoms with Gasteiger partial charge in [-0.15, -0.1) is 6.58 Å². The molecule has 0 N–H and O–H groups in total. The van der Waals surface area contributed by atoms with Gasteiger partial charge in [0.25, 0.3) is 0 Å². The molecule has 2 rings (SSSR count). The number of carbonyl (C=O) groups is 1. The van der Waals surface area contributed by atoms with E-state index in [0.29, 0.717) is 13.2 Å². The average molecular weight is 193 g/mol. The maximum Gasteiger partial charge on any atom is 0.413 e. The second kappa shape index (κ2) is 3.15. The summed E-state index contributed by atoms with van der Waals surface area (Å²) in [5.74, 6) is 0. The van der Waals surface area contributed by atoms with Crippen LogP contribution in [-0.2, 0) is 4.74 Å². The molecule has 1 aliphatic carbocycles. The fourth-order valence-corrected chi connectivity index (χ4v) is 1.82. The first-order valence-electron chi connectivity index (χ1n) is 4.94. The number of allylic oxidation sites excluding steroid dienone is 2. The predicted octanol–water partition coefficient (Wildman–Crippen LogP) is 2.31. The van der Waals surface area contributed by atoms with E-state index in [4.69, 9.17) is 4.74 Å². The molecule has 0 aromatic carbocycles. The molecule has 3 heteroatoms. The third-order valence-electron chi connectivity index (χ3n) is 3.20. The molecule has 0 spiro atoms. The van der Waals surface area contributed by atoms with Crippen molar-refractivity contribution in [2.75, 3.05) is 13.2 Å². The zero-order chi connectivity index (χ0) is 10.2. The van der Waals surface area contributed by atoms with Crippen LogP contribution < -0.4 is 0 Å². The number of rotatable bonds is 2. The Labute approximate surface area is 84.0 Å². The van der Waals surface area contributed by atoms with Crippen LogP contribution in [0.1, 0.15) is 19.8 Å². The monoisotopic (exact) mass is 193 g/mol. The first-order valence-corrected chi connectivity index (χ1v) is 4.94. The molecular weight excluding hydrogens is 178 g/mol. The van der Waals surface area contributed by atoms with Gasteiger partial charge in [-0.25, -0.2) is 4.79 Å². The molecular formula is C11H15NO2.